The summed E-state index contributed by atoms with van der Waals surface area (Å²) in [6.45, 7) is 4.01. The summed E-state index contributed by atoms with van der Waals surface area (Å²) < 4.78 is 1.84. The van der Waals surface area contributed by atoms with E-state index in [1.165, 1.54) is 23.9 Å². The summed E-state index contributed by atoms with van der Waals surface area (Å²) in [4.78, 5) is 12.3. The van der Waals surface area contributed by atoms with Crippen LogP contribution in [0.1, 0.15) is 21.5 Å². The number of carbonyl (C=O) groups excluding carboxylic acids is 1. The molecule has 0 atom stereocenters. The standard InChI is InChI=1S/C18H17N3O3S/c1-11-3-4-12(2)15(7-11)21-10-19-20-18(21)25-9-17(24)14-6-5-13(22)8-16(14)23/h3-8,10,22-23H,9H2,1-2H3. The Morgan fingerprint density at radius 2 is 1.96 bits per heavy atom. The highest BCUT2D eigenvalue weighted by Crippen LogP contribution is 2.27. The SMILES string of the molecule is Cc1ccc(C)c(-n2cnnc2SCC(=O)c2ccc(O)cc2O)c1. The average molecular weight is 355 g/mol. The molecule has 0 unspecified atom stereocenters. The van der Waals surface area contributed by atoms with Crippen molar-refractivity contribution in [1.29, 1.82) is 0 Å². The zero-order chi connectivity index (χ0) is 18.0. The van der Waals surface area contributed by atoms with Crippen molar-refractivity contribution in [2.75, 3.05) is 5.75 Å². The fourth-order valence-corrected chi connectivity index (χ4v) is 3.24. The number of ketones is 1. The Morgan fingerprint density at radius 1 is 1.16 bits per heavy atom. The molecule has 0 aliphatic heterocycles. The molecule has 2 N–H and O–H groups in total. The quantitative estimate of drug-likeness (QED) is 0.539. The minimum Gasteiger partial charge on any atom is -0.508 e. The first kappa shape index (κ1) is 17.0. The van der Waals surface area contributed by atoms with E-state index in [0.29, 0.717) is 5.16 Å². The Kier molecular flexibility index (Phi) is 4.76. The number of nitrogens with zero attached hydrogens (tertiary/aromatic N) is 3. The van der Waals surface area contributed by atoms with Crippen LogP contribution < -0.4 is 0 Å². The summed E-state index contributed by atoms with van der Waals surface area (Å²) in [6, 6.07) is 10.0. The number of aromatic hydroxyl groups is 2. The van der Waals surface area contributed by atoms with Gasteiger partial charge in [0.05, 0.1) is 17.0 Å². The number of phenols is 2. The van der Waals surface area contributed by atoms with Crippen molar-refractivity contribution in [3.63, 3.8) is 0 Å². The molecule has 0 aliphatic carbocycles. The van der Waals surface area contributed by atoms with Gasteiger partial charge in [-0.1, -0.05) is 23.9 Å². The van der Waals surface area contributed by atoms with Gasteiger partial charge in [-0.25, -0.2) is 0 Å². The van der Waals surface area contributed by atoms with Crippen LogP contribution in [0.25, 0.3) is 5.69 Å². The monoisotopic (exact) mass is 355 g/mol. The van der Waals surface area contributed by atoms with Gasteiger partial charge in [0, 0.05) is 6.07 Å². The first-order valence-corrected chi connectivity index (χ1v) is 8.60. The molecule has 25 heavy (non-hydrogen) atoms. The molecule has 0 amide bonds. The Morgan fingerprint density at radius 3 is 2.72 bits per heavy atom. The fourth-order valence-electron chi connectivity index (χ4n) is 2.43. The number of benzene rings is 2. The molecule has 6 nitrogen and oxygen atoms in total. The van der Waals surface area contributed by atoms with Crippen molar-refractivity contribution in [3.05, 3.63) is 59.4 Å². The number of Topliss-reactive ketones (excluding diaryl/α,β-unsaturated/α-hetero) is 1. The van der Waals surface area contributed by atoms with E-state index in [9.17, 15) is 15.0 Å². The van der Waals surface area contributed by atoms with Gasteiger partial charge in [0.1, 0.15) is 17.8 Å². The summed E-state index contributed by atoms with van der Waals surface area (Å²) in [6.07, 6.45) is 1.62. The van der Waals surface area contributed by atoms with Gasteiger partial charge >= 0.3 is 0 Å². The third-order valence-corrected chi connectivity index (χ3v) is 4.70. The van der Waals surface area contributed by atoms with Crippen molar-refractivity contribution >= 4 is 17.5 Å². The third-order valence-electron chi connectivity index (χ3n) is 3.75. The molecule has 1 heterocycles. The first-order chi connectivity index (χ1) is 12.0. The van der Waals surface area contributed by atoms with E-state index < -0.39 is 0 Å². The number of rotatable bonds is 5. The fraction of sp³-hybridized carbons (Fsp3) is 0.167. The van der Waals surface area contributed by atoms with E-state index in [0.717, 1.165) is 22.9 Å². The average Bonchev–Trinajstić information content (AvgIpc) is 3.03. The lowest BCUT2D eigenvalue weighted by Gasteiger charge is -2.10. The number of aromatic nitrogens is 3. The van der Waals surface area contributed by atoms with Crippen molar-refractivity contribution in [1.82, 2.24) is 14.8 Å². The predicted molar refractivity (Wildman–Crippen MR) is 95.7 cm³/mol. The van der Waals surface area contributed by atoms with Crippen LogP contribution in [0.3, 0.4) is 0 Å². The first-order valence-electron chi connectivity index (χ1n) is 7.61. The van der Waals surface area contributed by atoms with Gasteiger partial charge in [-0.15, -0.1) is 10.2 Å². The Bertz CT molecular complexity index is 937. The van der Waals surface area contributed by atoms with Crippen LogP contribution >= 0.6 is 11.8 Å². The second kappa shape index (κ2) is 6.98. The molecule has 0 radical (unpaired) electrons. The highest BCUT2D eigenvalue weighted by Gasteiger charge is 2.15. The van der Waals surface area contributed by atoms with Crippen LogP contribution in [0.5, 0.6) is 11.5 Å². The molecule has 128 valence electrons. The molecule has 0 bridgehead atoms. The normalized spacial score (nSPS) is 10.8. The highest BCUT2D eigenvalue weighted by atomic mass is 32.2. The lowest BCUT2D eigenvalue weighted by atomic mass is 10.1. The summed E-state index contributed by atoms with van der Waals surface area (Å²) >= 11 is 1.25. The van der Waals surface area contributed by atoms with E-state index in [1.807, 2.05) is 36.6 Å². The number of thioether (sulfide) groups is 1. The minimum atomic E-state index is -0.252. The second-order valence-corrected chi connectivity index (χ2v) is 6.63. The molecule has 1 aromatic heterocycles. The second-order valence-electron chi connectivity index (χ2n) is 5.69. The van der Waals surface area contributed by atoms with Gasteiger partial charge in [-0.3, -0.25) is 9.36 Å². The lowest BCUT2D eigenvalue weighted by Crippen LogP contribution is -2.05. The molecule has 0 saturated carbocycles. The van der Waals surface area contributed by atoms with Crippen LogP contribution in [0, 0.1) is 13.8 Å². The van der Waals surface area contributed by atoms with Crippen LogP contribution in [0.4, 0.5) is 0 Å². The molecule has 0 aliphatic rings. The van der Waals surface area contributed by atoms with Crippen molar-refractivity contribution in [2.45, 2.75) is 19.0 Å². The zero-order valence-corrected chi connectivity index (χ0v) is 14.6. The van der Waals surface area contributed by atoms with Crippen molar-refractivity contribution < 1.29 is 15.0 Å². The van der Waals surface area contributed by atoms with Crippen LogP contribution in [0.2, 0.25) is 0 Å². The van der Waals surface area contributed by atoms with Gasteiger partial charge in [0.15, 0.2) is 10.9 Å². The van der Waals surface area contributed by atoms with Gasteiger partial charge in [-0.2, -0.15) is 0 Å². The molecule has 0 saturated heterocycles. The highest BCUT2D eigenvalue weighted by molar-refractivity contribution is 7.99. The van der Waals surface area contributed by atoms with Crippen LogP contribution in [-0.2, 0) is 0 Å². The number of hydrogen-bond acceptors (Lipinski definition) is 6. The molecular formula is C18H17N3O3S. The topological polar surface area (TPSA) is 88.2 Å². The van der Waals surface area contributed by atoms with E-state index in [-0.39, 0.29) is 28.6 Å². The maximum atomic E-state index is 12.3. The molecule has 0 fully saturated rings. The summed E-state index contributed by atoms with van der Waals surface area (Å²) in [7, 11) is 0. The predicted octanol–water partition coefficient (Wildman–Crippen LogP) is 3.27. The van der Waals surface area contributed by atoms with Gasteiger partial charge in [0.25, 0.3) is 0 Å². The Balaban J connectivity index is 1.80. The van der Waals surface area contributed by atoms with Gasteiger partial charge in [-0.05, 0) is 43.2 Å². The van der Waals surface area contributed by atoms with E-state index in [2.05, 4.69) is 10.2 Å². The smallest absolute Gasteiger partial charge is 0.196 e. The van der Waals surface area contributed by atoms with Crippen LogP contribution in [-0.4, -0.2) is 36.5 Å². The molecule has 3 aromatic rings. The van der Waals surface area contributed by atoms with E-state index in [1.54, 1.807) is 6.33 Å². The maximum absolute atomic E-state index is 12.3. The van der Waals surface area contributed by atoms with Crippen molar-refractivity contribution in [2.24, 2.45) is 0 Å². The third kappa shape index (κ3) is 3.66. The Labute approximate surface area is 149 Å². The summed E-state index contributed by atoms with van der Waals surface area (Å²) in [5.41, 5.74) is 3.33. The molecule has 0 spiro atoms. The Hall–Kier alpha value is -2.80. The van der Waals surface area contributed by atoms with Gasteiger partial charge in [0.2, 0.25) is 0 Å². The summed E-state index contributed by atoms with van der Waals surface area (Å²) in [5, 5.41) is 27.7. The lowest BCUT2D eigenvalue weighted by molar-refractivity contribution is 0.102. The minimum absolute atomic E-state index is 0.0867. The van der Waals surface area contributed by atoms with Crippen LogP contribution in [0.15, 0.2) is 47.9 Å². The number of phenolic OH excluding ortho intramolecular Hbond substituents is 2. The maximum Gasteiger partial charge on any atom is 0.196 e. The van der Waals surface area contributed by atoms with Crippen molar-refractivity contribution in [3.8, 4) is 17.2 Å². The molecule has 7 heteroatoms. The van der Waals surface area contributed by atoms with E-state index in [4.69, 9.17) is 0 Å². The molecular weight excluding hydrogens is 338 g/mol. The number of hydrogen-bond donors (Lipinski definition) is 2. The number of carbonyl (C=O) groups is 1. The molecule has 3 rings (SSSR count). The van der Waals surface area contributed by atoms with Gasteiger partial charge < -0.3 is 10.2 Å². The van der Waals surface area contributed by atoms with E-state index >= 15 is 0 Å². The largest absolute Gasteiger partial charge is 0.508 e. The summed E-state index contributed by atoms with van der Waals surface area (Å²) in [5.74, 6) is -0.474. The number of aryl methyl sites for hydroxylation is 2. The molecule has 2 aromatic carbocycles. The zero-order valence-electron chi connectivity index (χ0n) is 13.8.